The fourth-order valence-electron chi connectivity index (χ4n) is 5.22. The molecule has 9 nitrogen and oxygen atoms in total. The summed E-state index contributed by atoms with van der Waals surface area (Å²) in [5.74, 6) is -2.00. The van der Waals surface area contributed by atoms with Gasteiger partial charge in [0, 0.05) is 29.4 Å². The minimum atomic E-state index is -0.927. The highest BCUT2D eigenvalue weighted by Gasteiger charge is 2.57. The molecule has 0 saturated heterocycles. The summed E-state index contributed by atoms with van der Waals surface area (Å²) in [5.41, 5.74) is -1.65. The third-order valence-corrected chi connectivity index (χ3v) is 8.52. The van der Waals surface area contributed by atoms with Gasteiger partial charge in [0.25, 0.3) is 11.8 Å². The Hall–Kier alpha value is -2.83. The van der Waals surface area contributed by atoms with Gasteiger partial charge in [0.05, 0.1) is 22.2 Å². The Morgan fingerprint density at radius 2 is 1.43 bits per heavy atom. The van der Waals surface area contributed by atoms with Gasteiger partial charge in [-0.25, -0.2) is 13.6 Å². The third kappa shape index (κ3) is 8.17. The zero-order valence-corrected chi connectivity index (χ0v) is 25.5. The molecule has 0 aromatic heterocycles. The number of fused-ring (bicyclic) bond motifs is 3. The molecule has 0 radical (unpaired) electrons. The summed E-state index contributed by atoms with van der Waals surface area (Å²) in [6, 6.07) is 7.71. The first kappa shape index (κ1) is 32.1. The molecule has 2 N–H and O–H groups in total. The fourth-order valence-corrected chi connectivity index (χ4v) is 5.69. The first-order valence-corrected chi connectivity index (χ1v) is 15.1. The molecule has 3 aliphatic rings. The van der Waals surface area contributed by atoms with Crippen LogP contribution in [0.2, 0.25) is 10.0 Å². The number of amides is 2. The van der Waals surface area contributed by atoms with Gasteiger partial charge in [-0.15, -0.1) is 0 Å². The second kappa shape index (κ2) is 14.1. The molecule has 2 aromatic carbocycles. The smallest absolute Gasteiger partial charge is 0.484 e. The minimum Gasteiger partial charge on any atom is -0.484 e. The van der Waals surface area contributed by atoms with Crippen LogP contribution in [0.15, 0.2) is 36.4 Å². The van der Waals surface area contributed by atoms with Crippen molar-refractivity contribution in [2.24, 2.45) is 0 Å². The number of carbonyl (C=O) groups excluding carboxylic acids is 3. The zero-order valence-electron chi connectivity index (χ0n) is 22.4. The van der Waals surface area contributed by atoms with Crippen LogP contribution >= 0.6 is 39.1 Å². The Bertz CT molecular complexity index is 1310. The van der Waals surface area contributed by atoms with Crippen LogP contribution in [0.25, 0.3) is 0 Å². The van der Waals surface area contributed by atoms with Gasteiger partial charge in [0.1, 0.15) is 29.2 Å². The summed E-state index contributed by atoms with van der Waals surface area (Å²) < 4.78 is 49.2. The Morgan fingerprint density at radius 1 is 0.881 bits per heavy atom. The van der Waals surface area contributed by atoms with E-state index >= 15 is 0 Å². The van der Waals surface area contributed by atoms with Gasteiger partial charge in [-0.05, 0) is 56.4 Å². The van der Waals surface area contributed by atoms with E-state index < -0.39 is 53.4 Å². The lowest BCUT2D eigenvalue weighted by molar-refractivity contribution is -0.139. The summed E-state index contributed by atoms with van der Waals surface area (Å²) in [6.45, 7) is -0.630. The molecule has 1 atom stereocenters. The number of hydrogen-bond acceptors (Lipinski definition) is 7. The van der Waals surface area contributed by atoms with Crippen molar-refractivity contribution < 1.29 is 42.1 Å². The van der Waals surface area contributed by atoms with Crippen molar-refractivity contribution in [3.05, 3.63) is 58.1 Å². The molecule has 0 unspecified atom stereocenters. The van der Waals surface area contributed by atoms with Crippen LogP contribution in [0.3, 0.4) is 0 Å². The lowest BCUT2D eigenvalue weighted by Gasteiger charge is -2.56. The van der Waals surface area contributed by atoms with E-state index in [9.17, 15) is 23.2 Å². The highest BCUT2D eigenvalue weighted by molar-refractivity contribution is 9.09. The monoisotopic (exact) mass is 692 g/mol. The molecule has 42 heavy (non-hydrogen) atoms. The lowest BCUT2D eigenvalue weighted by atomic mass is 9.59. The first-order valence-electron chi connectivity index (χ1n) is 13.2. The molecule has 2 amide bonds. The van der Waals surface area contributed by atoms with Crippen molar-refractivity contribution in [2.45, 2.75) is 55.7 Å². The predicted octanol–water partition coefficient (Wildman–Crippen LogP) is 5.72. The standard InChI is InChI=1S/C28H29BrCl2F2N2O7/c29-10-1-11-39-26(38)42-23-14-27(34-24(36)15-40-17-2-4-19(30)21(32)12-17)6-8-28(23,9-7-27)35-25(37)16-41-18-3-5-20(31)22(33)13-18/h2-5,12-13,23H,1,6-11,14-16H2,(H,34,36)(H,35,37)/t23-,27?,28?/m0/s1. The molecule has 14 heteroatoms. The number of hydrogen-bond donors (Lipinski definition) is 2. The van der Waals surface area contributed by atoms with Crippen LogP contribution in [0.5, 0.6) is 11.5 Å². The molecule has 3 aliphatic carbocycles. The van der Waals surface area contributed by atoms with Gasteiger partial charge in [-0.3, -0.25) is 9.59 Å². The van der Waals surface area contributed by atoms with Crippen molar-refractivity contribution in [3.63, 3.8) is 0 Å². The lowest BCUT2D eigenvalue weighted by Crippen LogP contribution is -2.71. The van der Waals surface area contributed by atoms with E-state index in [2.05, 4.69) is 26.6 Å². The summed E-state index contributed by atoms with van der Waals surface area (Å²) in [4.78, 5) is 38.3. The molecule has 2 bridgehead atoms. The minimum absolute atomic E-state index is 0.0622. The van der Waals surface area contributed by atoms with Gasteiger partial charge < -0.3 is 29.6 Å². The maximum absolute atomic E-state index is 13.7. The quantitative estimate of drug-likeness (QED) is 0.166. The molecule has 228 valence electrons. The molecule has 3 saturated carbocycles. The van der Waals surface area contributed by atoms with Gasteiger partial charge >= 0.3 is 6.16 Å². The third-order valence-electron chi connectivity index (χ3n) is 7.34. The highest BCUT2D eigenvalue weighted by Crippen LogP contribution is 2.48. The van der Waals surface area contributed by atoms with Gasteiger partial charge in [-0.1, -0.05) is 39.1 Å². The van der Waals surface area contributed by atoms with Gasteiger partial charge in [0.2, 0.25) is 0 Å². The molecule has 5 rings (SSSR count). The maximum atomic E-state index is 13.7. The molecular weight excluding hydrogens is 665 g/mol. The van der Waals surface area contributed by atoms with Crippen molar-refractivity contribution in [3.8, 4) is 11.5 Å². The fraction of sp³-hybridized carbons (Fsp3) is 0.464. The summed E-state index contributed by atoms with van der Waals surface area (Å²) in [5, 5.41) is 6.46. The van der Waals surface area contributed by atoms with Crippen LogP contribution in [-0.2, 0) is 19.1 Å². The Balaban J connectivity index is 1.40. The summed E-state index contributed by atoms with van der Waals surface area (Å²) in [6.07, 6.45) is 0.832. The van der Waals surface area contributed by atoms with Crippen molar-refractivity contribution in [2.75, 3.05) is 25.2 Å². The van der Waals surface area contributed by atoms with E-state index in [-0.39, 0.29) is 41.2 Å². The van der Waals surface area contributed by atoms with E-state index in [4.69, 9.17) is 42.1 Å². The Labute approximate surface area is 259 Å². The number of carbonyl (C=O) groups is 3. The summed E-state index contributed by atoms with van der Waals surface area (Å²) >= 11 is 14.7. The van der Waals surface area contributed by atoms with Gasteiger partial charge in [0.15, 0.2) is 13.2 Å². The van der Waals surface area contributed by atoms with Crippen molar-refractivity contribution in [1.29, 1.82) is 0 Å². The second-order valence-corrected chi connectivity index (χ2v) is 11.8. The molecule has 2 aromatic rings. The predicted molar refractivity (Wildman–Crippen MR) is 153 cm³/mol. The number of halogens is 5. The van der Waals surface area contributed by atoms with E-state index in [0.29, 0.717) is 37.4 Å². The number of alkyl halides is 1. The second-order valence-electron chi connectivity index (χ2n) is 10.2. The molecule has 0 spiro atoms. The topological polar surface area (TPSA) is 112 Å². The average Bonchev–Trinajstić information content (AvgIpc) is 2.95. The van der Waals surface area contributed by atoms with E-state index in [1.165, 1.54) is 24.3 Å². The molecule has 0 aliphatic heterocycles. The van der Waals surface area contributed by atoms with Crippen LogP contribution in [0, 0.1) is 11.6 Å². The van der Waals surface area contributed by atoms with Gasteiger partial charge in [-0.2, -0.15) is 0 Å². The van der Waals surface area contributed by atoms with Crippen molar-refractivity contribution in [1.82, 2.24) is 10.6 Å². The van der Waals surface area contributed by atoms with E-state index in [0.717, 1.165) is 12.1 Å². The van der Waals surface area contributed by atoms with Crippen molar-refractivity contribution >= 4 is 57.1 Å². The van der Waals surface area contributed by atoms with Crippen LogP contribution in [-0.4, -0.2) is 60.3 Å². The Kier molecular flexibility index (Phi) is 10.8. The molecule has 3 fully saturated rings. The molecule has 0 heterocycles. The number of ether oxygens (including phenoxy) is 4. The molecular formula is C28H29BrCl2F2N2O7. The average molecular weight is 694 g/mol. The van der Waals surface area contributed by atoms with Crippen LogP contribution in [0.4, 0.5) is 13.6 Å². The van der Waals surface area contributed by atoms with E-state index in [1.807, 2.05) is 0 Å². The maximum Gasteiger partial charge on any atom is 0.508 e. The zero-order chi connectivity index (χ0) is 30.3. The summed E-state index contributed by atoms with van der Waals surface area (Å²) in [7, 11) is 0. The van der Waals surface area contributed by atoms with E-state index in [1.54, 1.807) is 0 Å². The number of benzene rings is 2. The SMILES string of the molecule is O=C(COc1ccc(Cl)c(F)c1)NC12CCC(NC(=O)COc3ccc(Cl)c(F)c3)(CC1)[C@@H](OC(=O)OCCCBr)C2. The number of nitrogens with one attached hydrogen (secondary N) is 2. The Morgan fingerprint density at radius 3 is 1.95 bits per heavy atom. The number of rotatable bonds is 12. The largest absolute Gasteiger partial charge is 0.508 e. The highest BCUT2D eigenvalue weighted by atomic mass is 79.9. The van der Waals surface area contributed by atoms with Crippen LogP contribution in [0.1, 0.15) is 38.5 Å². The van der Waals surface area contributed by atoms with Crippen LogP contribution < -0.4 is 20.1 Å². The first-order chi connectivity index (χ1) is 20.0. The normalized spacial score (nSPS) is 22.6.